The van der Waals surface area contributed by atoms with Crippen LogP contribution in [0.3, 0.4) is 0 Å². The minimum atomic E-state index is -0.207. The number of nitrogens with one attached hydrogen (secondary N) is 1. The number of amides is 2. The Balaban J connectivity index is 2.46. The topological polar surface area (TPSA) is 49.4 Å². The van der Waals surface area contributed by atoms with Crippen LogP contribution < -0.4 is 5.32 Å². The van der Waals surface area contributed by atoms with Crippen molar-refractivity contribution in [2.75, 3.05) is 19.6 Å². The number of benzene rings is 1. The SMILES string of the molecule is CCCN(CCC)C(=O)CNC(=O)c1ccccc1. The van der Waals surface area contributed by atoms with Crippen molar-refractivity contribution in [2.24, 2.45) is 0 Å². The van der Waals surface area contributed by atoms with Gasteiger partial charge in [-0.25, -0.2) is 0 Å². The van der Waals surface area contributed by atoms with Gasteiger partial charge in [0.25, 0.3) is 5.91 Å². The molecule has 1 aromatic rings. The van der Waals surface area contributed by atoms with Gasteiger partial charge >= 0.3 is 0 Å². The largest absolute Gasteiger partial charge is 0.343 e. The van der Waals surface area contributed by atoms with Crippen LogP contribution in [0, 0.1) is 0 Å². The van der Waals surface area contributed by atoms with Crippen LogP contribution in [-0.2, 0) is 4.79 Å². The molecule has 0 spiro atoms. The van der Waals surface area contributed by atoms with Crippen molar-refractivity contribution in [3.8, 4) is 0 Å². The molecule has 19 heavy (non-hydrogen) atoms. The van der Waals surface area contributed by atoms with Crippen LogP contribution in [0.1, 0.15) is 37.0 Å². The third-order valence-corrected chi connectivity index (χ3v) is 2.78. The summed E-state index contributed by atoms with van der Waals surface area (Å²) in [5.41, 5.74) is 0.577. The van der Waals surface area contributed by atoms with E-state index in [4.69, 9.17) is 0 Å². The quantitative estimate of drug-likeness (QED) is 0.817. The fourth-order valence-corrected chi connectivity index (χ4v) is 1.86. The molecule has 0 aliphatic rings. The van der Waals surface area contributed by atoms with Crippen molar-refractivity contribution < 1.29 is 9.59 Å². The Kier molecular flexibility index (Phi) is 6.64. The van der Waals surface area contributed by atoms with E-state index in [0.717, 1.165) is 25.9 Å². The van der Waals surface area contributed by atoms with Gasteiger partial charge in [0, 0.05) is 18.7 Å². The predicted molar refractivity (Wildman–Crippen MR) is 75.9 cm³/mol. The van der Waals surface area contributed by atoms with Crippen molar-refractivity contribution in [3.05, 3.63) is 35.9 Å². The lowest BCUT2D eigenvalue weighted by atomic mass is 10.2. The molecular weight excluding hydrogens is 240 g/mol. The van der Waals surface area contributed by atoms with Crippen LogP contribution >= 0.6 is 0 Å². The van der Waals surface area contributed by atoms with Crippen molar-refractivity contribution in [3.63, 3.8) is 0 Å². The Morgan fingerprint density at radius 2 is 1.63 bits per heavy atom. The minimum Gasteiger partial charge on any atom is -0.343 e. The Morgan fingerprint density at radius 3 is 2.16 bits per heavy atom. The predicted octanol–water partition coefficient (Wildman–Crippen LogP) is 2.06. The molecule has 1 rings (SSSR count). The zero-order chi connectivity index (χ0) is 14.1. The molecule has 4 nitrogen and oxygen atoms in total. The molecule has 0 aromatic heterocycles. The summed E-state index contributed by atoms with van der Waals surface area (Å²) in [6.45, 7) is 5.63. The first-order valence-electron chi connectivity index (χ1n) is 6.80. The Morgan fingerprint density at radius 1 is 1.05 bits per heavy atom. The van der Waals surface area contributed by atoms with E-state index >= 15 is 0 Å². The lowest BCUT2D eigenvalue weighted by Crippen LogP contribution is -2.40. The molecule has 0 unspecified atom stereocenters. The second-order valence-corrected chi connectivity index (χ2v) is 4.43. The summed E-state index contributed by atoms with van der Waals surface area (Å²) in [4.78, 5) is 25.6. The van der Waals surface area contributed by atoms with E-state index in [2.05, 4.69) is 5.32 Å². The van der Waals surface area contributed by atoms with Gasteiger partial charge in [0.1, 0.15) is 0 Å². The summed E-state index contributed by atoms with van der Waals surface area (Å²) in [6.07, 6.45) is 1.86. The van der Waals surface area contributed by atoms with Gasteiger partial charge in [-0.3, -0.25) is 9.59 Å². The third kappa shape index (κ3) is 5.12. The molecule has 1 aromatic carbocycles. The molecule has 1 N–H and O–H groups in total. The molecule has 0 atom stereocenters. The molecule has 2 amide bonds. The number of hydrogen-bond donors (Lipinski definition) is 1. The number of hydrogen-bond acceptors (Lipinski definition) is 2. The smallest absolute Gasteiger partial charge is 0.251 e. The molecule has 0 aliphatic carbocycles. The van der Waals surface area contributed by atoms with E-state index in [1.807, 2.05) is 19.9 Å². The summed E-state index contributed by atoms with van der Waals surface area (Å²) >= 11 is 0. The summed E-state index contributed by atoms with van der Waals surface area (Å²) < 4.78 is 0. The highest BCUT2D eigenvalue weighted by Gasteiger charge is 2.13. The fraction of sp³-hybridized carbons (Fsp3) is 0.467. The molecular formula is C15H22N2O2. The average Bonchev–Trinajstić information content (AvgIpc) is 2.45. The monoisotopic (exact) mass is 262 g/mol. The lowest BCUT2D eigenvalue weighted by Gasteiger charge is -2.21. The molecule has 0 saturated carbocycles. The molecule has 0 heterocycles. The zero-order valence-corrected chi connectivity index (χ0v) is 11.7. The van der Waals surface area contributed by atoms with E-state index in [9.17, 15) is 9.59 Å². The maximum absolute atomic E-state index is 12.0. The van der Waals surface area contributed by atoms with Crippen LogP contribution in [0.15, 0.2) is 30.3 Å². The van der Waals surface area contributed by atoms with Gasteiger partial charge < -0.3 is 10.2 Å². The van der Waals surface area contributed by atoms with Crippen molar-refractivity contribution >= 4 is 11.8 Å². The zero-order valence-electron chi connectivity index (χ0n) is 11.7. The lowest BCUT2D eigenvalue weighted by molar-refractivity contribution is -0.130. The Bertz CT molecular complexity index is 398. The fourth-order valence-electron chi connectivity index (χ4n) is 1.86. The van der Waals surface area contributed by atoms with Gasteiger partial charge in [-0.1, -0.05) is 32.0 Å². The van der Waals surface area contributed by atoms with E-state index in [1.54, 1.807) is 29.2 Å². The van der Waals surface area contributed by atoms with Crippen LogP contribution in [0.25, 0.3) is 0 Å². The third-order valence-electron chi connectivity index (χ3n) is 2.78. The van der Waals surface area contributed by atoms with Crippen molar-refractivity contribution in [1.29, 1.82) is 0 Å². The Labute approximate surface area is 114 Å². The summed E-state index contributed by atoms with van der Waals surface area (Å²) in [5, 5.41) is 2.67. The van der Waals surface area contributed by atoms with Gasteiger partial charge in [-0.15, -0.1) is 0 Å². The first kappa shape index (κ1) is 15.2. The second-order valence-electron chi connectivity index (χ2n) is 4.43. The number of nitrogens with zero attached hydrogens (tertiary/aromatic N) is 1. The van der Waals surface area contributed by atoms with Crippen molar-refractivity contribution in [1.82, 2.24) is 10.2 Å². The minimum absolute atomic E-state index is 0.0204. The average molecular weight is 262 g/mol. The molecule has 0 aliphatic heterocycles. The normalized spacial score (nSPS) is 10.0. The number of carbonyl (C=O) groups is 2. The van der Waals surface area contributed by atoms with Crippen LogP contribution in [-0.4, -0.2) is 36.3 Å². The van der Waals surface area contributed by atoms with Gasteiger partial charge in [0.15, 0.2) is 0 Å². The van der Waals surface area contributed by atoms with Gasteiger partial charge in [-0.2, -0.15) is 0 Å². The van der Waals surface area contributed by atoms with E-state index in [1.165, 1.54) is 0 Å². The number of rotatable bonds is 7. The molecule has 0 bridgehead atoms. The highest BCUT2D eigenvalue weighted by atomic mass is 16.2. The second kappa shape index (κ2) is 8.29. The Hall–Kier alpha value is -1.84. The molecule has 4 heteroatoms. The summed E-state index contributed by atoms with van der Waals surface area (Å²) in [6, 6.07) is 8.92. The van der Waals surface area contributed by atoms with Crippen LogP contribution in [0.2, 0.25) is 0 Å². The van der Waals surface area contributed by atoms with Crippen LogP contribution in [0.5, 0.6) is 0 Å². The standard InChI is InChI=1S/C15H22N2O2/c1-3-10-17(11-4-2)14(18)12-16-15(19)13-8-6-5-7-9-13/h5-9H,3-4,10-12H2,1-2H3,(H,16,19). The van der Waals surface area contributed by atoms with E-state index in [-0.39, 0.29) is 18.4 Å². The maximum Gasteiger partial charge on any atom is 0.251 e. The molecule has 0 fully saturated rings. The first-order chi connectivity index (χ1) is 9.19. The maximum atomic E-state index is 12.0. The van der Waals surface area contributed by atoms with Gasteiger partial charge in [0.05, 0.1) is 6.54 Å². The van der Waals surface area contributed by atoms with Crippen LogP contribution in [0.4, 0.5) is 0 Å². The van der Waals surface area contributed by atoms with Gasteiger partial charge in [0.2, 0.25) is 5.91 Å². The highest BCUT2D eigenvalue weighted by molar-refractivity contribution is 5.96. The molecule has 0 radical (unpaired) electrons. The van der Waals surface area contributed by atoms with Gasteiger partial charge in [-0.05, 0) is 25.0 Å². The summed E-state index contributed by atoms with van der Waals surface area (Å²) in [5.74, 6) is -0.227. The summed E-state index contributed by atoms with van der Waals surface area (Å²) in [7, 11) is 0. The molecule has 0 saturated heterocycles. The molecule has 104 valence electrons. The highest BCUT2D eigenvalue weighted by Crippen LogP contribution is 1.99. The van der Waals surface area contributed by atoms with Crippen molar-refractivity contribution in [2.45, 2.75) is 26.7 Å². The van der Waals surface area contributed by atoms with E-state index < -0.39 is 0 Å². The van der Waals surface area contributed by atoms with E-state index in [0.29, 0.717) is 5.56 Å². The number of carbonyl (C=O) groups excluding carboxylic acids is 2. The first-order valence-corrected chi connectivity index (χ1v) is 6.80.